The zero-order valence-electron chi connectivity index (χ0n) is 19.3. The number of aliphatic imine (C=N–C) groups is 1. The van der Waals surface area contributed by atoms with Gasteiger partial charge in [0.2, 0.25) is 17.7 Å². The number of carbonyl (C=O) groups is 3. The Kier molecular flexibility index (Phi) is 9.21. The number of amides is 3. The zero-order valence-corrected chi connectivity index (χ0v) is 20.1. The second-order valence-electron chi connectivity index (χ2n) is 7.85. The minimum absolute atomic E-state index is 0.0680. The van der Waals surface area contributed by atoms with Crippen molar-refractivity contribution in [3.63, 3.8) is 0 Å². The average Bonchev–Trinajstić information content (AvgIpc) is 3.11. The van der Waals surface area contributed by atoms with Gasteiger partial charge < -0.3 is 10.6 Å². The number of unbranched alkanes of at least 4 members (excludes halogenated alkanes) is 1. The number of thioether (sulfide) groups is 1. The van der Waals surface area contributed by atoms with E-state index in [1.165, 1.54) is 17.0 Å². The lowest BCUT2D eigenvalue weighted by Gasteiger charge is -2.26. The lowest BCUT2D eigenvalue weighted by Crippen LogP contribution is -2.50. The number of amidine groups is 1. The van der Waals surface area contributed by atoms with Crippen molar-refractivity contribution in [3.05, 3.63) is 60.4 Å². The van der Waals surface area contributed by atoms with Crippen LogP contribution in [0.3, 0.4) is 0 Å². The van der Waals surface area contributed by atoms with E-state index < -0.39 is 17.1 Å². The number of nitrogens with one attached hydrogen (secondary N) is 2. The van der Waals surface area contributed by atoms with Crippen LogP contribution in [0.1, 0.15) is 39.5 Å². The molecule has 1 heterocycles. The van der Waals surface area contributed by atoms with Crippen LogP contribution in [0.5, 0.6) is 0 Å². The number of hydrogen-bond donors (Lipinski definition) is 2. The van der Waals surface area contributed by atoms with E-state index in [2.05, 4.69) is 15.6 Å². The molecule has 1 unspecified atom stereocenters. The van der Waals surface area contributed by atoms with Crippen LogP contribution < -0.4 is 10.6 Å². The first-order valence-electron chi connectivity index (χ1n) is 11.4. The summed E-state index contributed by atoms with van der Waals surface area (Å²) in [6.07, 6.45) is 2.00. The van der Waals surface area contributed by atoms with Crippen molar-refractivity contribution in [3.8, 4) is 0 Å². The quantitative estimate of drug-likeness (QED) is 0.487. The van der Waals surface area contributed by atoms with Crippen LogP contribution in [0.25, 0.3) is 0 Å². The molecular formula is C25H29FN4O3S. The summed E-state index contributed by atoms with van der Waals surface area (Å²) in [6, 6.07) is 14.1. The lowest BCUT2D eigenvalue weighted by atomic mass is 10.1. The number of rotatable bonds is 10. The SMILES string of the molecule is CCCCNC(=O)[C@@H](CC)N1C(=O)C(CC(=O)Nc2ccccc2)SC1=Nc1ccccc1F. The molecule has 7 nitrogen and oxygen atoms in total. The van der Waals surface area contributed by atoms with Crippen LogP contribution in [0.4, 0.5) is 15.8 Å². The molecule has 2 atom stereocenters. The molecule has 1 fully saturated rings. The van der Waals surface area contributed by atoms with Crippen LogP contribution in [-0.2, 0) is 14.4 Å². The van der Waals surface area contributed by atoms with Gasteiger partial charge in [-0.25, -0.2) is 9.38 Å². The maximum atomic E-state index is 14.3. The molecule has 0 radical (unpaired) electrons. The van der Waals surface area contributed by atoms with Gasteiger partial charge in [0.05, 0.1) is 0 Å². The fourth-order valence-electron chi connectivity index (χ4n) is 3.52. The molecule has 0 saturated carbocycles. The molecule has 180 valence electrons. The van der Waals surface area contributed by atoms with Gasteiger partial charge in [-0.1, -0.05) is 62.4 Å². The molecule has 1 saturated heterocycles. The fourth-order valence-corrected chi connectivity index (χ4v) is 4.70. The van der Waals surface area contributed by atoms with Gasteiger partial charge in [0.15, 0.2) is 5.17 Å². The van der Waals surface area contributed by atoms with Crippen LogP contribution in [0, 0.1) is 5.82 Å². The molecular weight excluding hydrogens is 455 g/mol. The van der Waals surface area contributed by atoms with Crippen molar-refractivity contribution in [2.24, 2.45) is 4.99 Å². The first-order chi connectivity index (χ1) is 16.4. The Morgan fingerprint density at radius 2 is 1.82 bits per heavy atom. The van der Waals surface area contributed by atoms with E-state index >= 15 is 0 Å². The molecule has 0 aromatic heterocycles. The van der Waals surface area contributed by atoms with Gasteiger partial charge in [-0.05, 0) is 37.1 Å². The van der Waals surface area contributed by atoms with Gasteiger partial charge in [0, 0.05) is 18.7 Å². The Balaban J connectivity index is 1.85. The van der Waals surface area contributed by atoms with E-state index in [1.54, 1.807) is 43.3 Å². The highest BCUT2D eigenvalue weighted by Crippen LogP contribution is 2.34. The van der Waals surface area contributed by atoms with Crippen LogP contribution in [0.15, 0.2) is 59.6 Å². The predicted octanol–water partition coefficient (Wildman–Crippen LogP) is 4.48. The summed E-state index contributed by atoms with van der Waals surface area (Å²) in [5.74, 6) is -1.54. The monoisotopic (exact) mass is 484 g/mol. The summed E-state index contributed by atoms with van der Waals surface area (Å²) >= 11 is 1.08. The normalized spacial score (nSPS) is 17.6. The number of anilines is 1. The maximum Gasteiger partial charge on any atom is 0.243 e. The third-order valence-corrected chi connectivity index (χ3v) is 6.45. The van der Waals surface area contributed by atoms with Gasteiger partial charge in [0.25, 0.3) is 0 Å². The summed E-state index contributed by atoms with van der Waals surface area (Å²) < 4.78 is 14.3. The second kappa shape index (κ2) is 12.3. The molecule has 3 rings (SSSR count). The number of halogens is 1. The molecule has 3 amide bonds. The summed E-state index contributed by atoms with van der Waals surface area (Å²) in [5, 5.41) is 5.08. The molecule has 2 aromatic rings. The van der Waals surface area contributed by atoms with Crippen LogP contribution in [-0.4, -0.2) is 45.6 Å². The highest BCUT2D eigenvalue weighted by Gasteiger charge is 2.44. The van der Waals surface area contributed by atoms with E-state index in [-0.39, 0.29) is 35.0 Å². The van der Waals surface area contributed by atoms with Crippen molar-refractivity contribution < 1.29 is 18.8 Å². The number of para-hydroxylation sites is 2. The fraction of sp³-hybridized carbons (Fsp3) is 0.360. The molecule has 34 heavy (non-hydrogen) atoms. The molecule has 0 aliphatic carbocycles. The Morgan fingerprint density at radius 1 is 1.12 bits per heavy atom. The Labute approximate surface area is 203 Å². The Hall–Kier alpha value is -3.20. The van der Waals surface area contributed by atoms with Crippen molar-refractivity contribution in [1.29, 1.82) is 0 Å². The lowest BCUT2D eigenvalue weighted by molar-refractivity contribution is -0.135. The predicted molar refractivity (Wildman–Crippen MR) is 133 cm³/mol. The molecule has 2 N–H and O–H groups in total. The van der Waals surface area contributed by atoms with E-state index in [1.807, 2.05) is 13.0 Å². The van der Waals surface area contributed by atoms with Crippen molar-refractivity contribution in [2.75, 3.05) is 11.9 Å². The average molecular weight is 485 g/mol. The smallest absolute Gasteiger partial charge is 0.243 e. The highest BCUT2D eigenvalue weighted by atomic mass is 32.2. The minimum atomic E-state index is -0.801. The Morgan fingerprint density at radius 3 is 2.50 bits per heavy atom. The van der Waals surface area contributed by atoms with Crippen LogP contribution >= 0.6 is 11.8 Å². The van der Waals surface area contributed by atoms with Crippen molar-refractivity contribution in [1.82, 2.24) is 10.2 Å². The molecule has 0 spiro atoms. The summed E-state index contributed by atoms with van der Waals surface area (Å²) in [4.78, 5) is 44.6. The molecule has 1 aliphatic rings. The van der Waals surface area contributed by atoms with Gasteiger partial charge in [0.1, 0.15) is 22.8 Å². The first kappa shape index (κ1) is 25.4. The number of carbonyl (C=O) groups excluding carboxylic acids is 3. The topological polar surface area (TPSA) is 90.9 Å². The van der Waals surface area contributed by atoms with Gasteiger partial charge >= 0.3 is 0 Å². The van der Waals surface area contributed by atoms with E-state index in [9.17, 15) is 18.8 Å². The number of hydrogen-bond acceptors (Lipinski definition) is 5. The summed E-state index contributed by atoms with van der Waals surface area (Å²) in [7, 11) is 0. The van der Waals surface area contributed by atoms with Crippen LogP contribution in [0.2, 0.25) is 0 Å². The minimum Gasteiger partial charge on any atom is -0.354 e. The maximum absolute atomic E-state index is 14.3. The molecule has 2 aromatic carbocycles. The molecule has 9 heteroatoms. The summed E-state index contributed by atoms with van der Waals surface area (Å²) in [6.45, 7) is 4.33. The third-order valence-electron chi connectivity index (χ3n) is 5.29. The summed E-state index contributed by atoms with van der Waals surface area (Å²) in [5.41, 5.74) is 0.695. The number of benzene rings is 2. The Bertz CT molecular complexity index is 1050. The van der Waals surface area contributed by atoms with E-state index in [0.717, 1.165) is 24.6 Å². The zero-order chi connectivity index (χ0) is 24.5. The van der Waals surface area contributed by atoms with E-state index in [4.69, 9.17) is 0 Å². The standard InChI is InChI=1S/C25H29FN4O3S/c1-3-5-15-27-23(32)20(4-2)30-24(33)21(16-22(31)28-17-11-7-6-8-12-17)34-25(30)29-19-14-10-9-13-18(19)26/h6-14,20-21H,3-5,15-16H2,1-2H3,(H,27,32)(H,28,31)/t20-,21?/m1/s1. The first-order valence-corrected chi connectivity index (χ1v) is 12.3. The number of nitrogens with zero attached hydrogens (tertiary/aromatic N) is 2. The molecule has 0 bridgehead atoms. The highest BCUT2D eigenvalue weighted by molar-refractivity contribution is 8.15. The third kappa shape index (κ3) is 6.44. The van der Waals surface area contributed by atoms with Crippen molar-refractivity contribution in [2.45, 2.75) is 50.8 Å². The van der Waals surface area contributed by atoms with Gasteiger partial charge in [-0.3, -0.25) is 19.3 Å². The van der Waals surface area contributed by atoms with Gasteiger partial charge in [-0.2, -0.15) is 0 Å². The van der Waals surface area contributed by atoms with Crippen molar-refractivity contribution >= 4 is 46.0 Å². The van der Waals surface area contributed by atoms with E-state index in [0.29, 0.717) is 18.7 Å². The molecule has 1 aliphatic heterocycles. The second-order valence-corrected chi connectivity index (χ2v) is 9.02. The van der Waals surface area contributed by atoms with Gasteiger partial charge in [-0.15, -0.1) is 0 Å². The largest absolute Gasteiger partial charge is 0.354 e.